The quantitative estimate of drug-likeness (QED) is 0.0992. The first-order chi connectivity index (χ1) is 36.2. The van der Waals surface area contributed by atoms with E-state index in [-0.39, 0.29) is 71.2 Å². The number of dihydropyridines is 1. The number of rotatable bonds is 8. The van der Waals surface area contributed by atoms with Gasteiger partial charge in [-0.3, -0.25) is 9.59 Å². The molecule has 2 aromatic carbocycles. The van der Waals surface area contributed by atoms with Gasteiger partial charge in [0.1, 0.15) is 46.6 Å². The molecule has 16 heteroatoms. The summed E-state index contributed by atoms with van der Waals surface area (Å²) in [7, 11) is 2.89. The van der Waals surface area contributed by atoms with Crippen LogP contribution in [0.3, 0.4) is 0 Å². The molecule has 0 aromatic heterocycles. The predicted molar refractivity (Wildman–Crippen MR) is 281 cm³/mol. The number of aldehydes is 1. The van der Waals surface area contributed by atoms with Crippen LogP contribution in [0.25, 0.3) is 0 Å². The third kappa shape index (κ3) is 7.28. The van der Waals surface area contributed by atoms with Crippen molar-refractivity contribution < 1.29 is 59.6 Å². The lowest BCUT2D eigenvalue weighted by molar-refractivity contribution is -0.392. The Hall–Kier alpha value is -3.97. The minimum Gasteiger partial charge on any atom is -0.511 e. The monoisotopic (exact) mass is 1060 g/mol. The van der Waals surface area contributed by atoms with Crippen molar-refractivity contribution in [1.29, 1.82) is 0 Å². The summed E-state index contributed by atoms with van der Waals surface area (Å²) in [5.41, 5.74) is -3.71. The molecular formula is C59H70N2O12S2. The fraction of sp³-hybridized carbons (Fsp3) is 0.610. The van der Waals surface area contributed by atoms with Crippen molar-refractivity contribution in [2.75, 3.05) is 19.0 Å². The summed E-state index contributed by atoms with van der Waals surface area (Å²) in [6.07, 6.45) is 11.7. The van der Waals surface area contributed by atoms with Gasteiger partial charge < -0.3 is 60.6 Å². The van der Waals surface area contributed by atoms with Crippen LogP contribution in [0.1, 0.15) is 128 Å². The van der Waals surface area contributed by atoms with Crippen molar-refractivity contribution in [3.8, 4) is 5.75 Å². The number of fused-ring (bicyclic) bond motifs is 2. The second-order valence-corrected chi connectivity index (χ2v) is 27.2. The van der Waals surface area contributed by atoms with E-state index >= 15 is 9.59 Å². The maximum atomic E-state index is 16.4. The molecule has 10 bridgehead atoms. The fourth-order valence-corrected chi connectivity index (χ4v) is 20.9. The van der Waals surface area contributed by atoms with Crippen molar-refractivity contribution in [3.05, 3.63) is 111 Å². The van der Waals surface area contributed by atoms with Gasteiger partial charge in [0, 0.05) is 34.6 Å². The molecule has 14 rings (SSSR count). The molecule has 6 fully saturated rings. The van der Waals surface area contributed by atoms with Crippen LogP contribution in [0.2, 0.25) is 0 Å². The number of ether oxygens (including phenoxy) is 2. The van der Waals surface area contributed by atoms with Gasteiger partial charge in [0.05, 0.1) is 42.0 Å². The topological polar surface area (TPSA) is 235 Å². The van der Waals surface area contributed by atoms with Crippen LogP contribution >= 0.6 is 21.6 Å². The first-order valence-electron chi connectivity index (χ1n) is 27.6. The molecule has 9 aliphatic carbocycles. The summed E-state index contributed by atoms with van der Waals surface area (Å²) in [6.45, 7) is -0.332. The first-order valence-corrected chi connectivity index (χ1v) is 30.0. The second-order valence-electron chi connectivity index (χ2n) is 24.6. The van der Waals surface area contributed by atoms with Crippen molar-refractivity contribution in [2.24, 2.45) is 51.8 Å². The van der Waals surface area contributed by atoms with E-state index in [0.717, 1.165) is 74.6 Å². The highest BCUT2D eigenvalue weighted by Crippen LogP contribution is 2.77. The number of allylic oxidation sites excluding steroid dienone is 6. The number of ketones is 2. The molecule has 9 N–H and O–H groups in total. The Balaban J connectivity index is 0.981. The minimum absolute atomic E-state index is 0.0142. The van der Waals surface area contributed by atoms with E-state index in [1.807, 2.05) is 24.3 Å². The fourth-order valence-electron chi connectivity index (χ4n) is 18.1. The van der Waals surface area contributed by atoms with Crippen LogP contribution in [-0.4, -0.2) is 113 Å². The van der Waals surface area contributed by atoms with Gasteiger partial charge in [-0.05, 0) is 146 Å². The highest BCUT2D eigenvalue weighted by molar-refractivity contribution is 8.76. The lowest BCUT2D eigenvalue weighted by Gasteiger charge is -2.65. The Kier molecular flexibility index (Phi) is 12.3. The number of carbonyl (C=O) groups excluding carboxylic acids is 3. The molecule has 15 unspecified atom stereocenters. The number of benzene rings is 2. The van der Waals surface area contributed by atoms with Crippen molar-refractivity contribution in [2.45, 2.75) is 150 Å². The Labute approximate surface area is 445 Å². The predicted octanol–water partition coefficient (Wildman–Crippen LogP) is 6.67. The third-order valence-electron chi connectivity index (χ3n) is 21.1. The Morgan fingerprint density at radius 1 is 0.920 bits per heavy atom. The number of hydrogen-bond acceptors (Lipinski definition) is 16. The van der Waals surface area contributed by atoms with Crippen molar-refractivity contribution in [3.63, 3.8) is 0 Å². The molecule has 75 heavy (non-hydrogen) atoms. The van der Waals surface area contributed by atoms with E-state index < -0.39 is 81.4 Å². The molecule has 3 spiro atoms. The van der Waals surface area contributed by atoms with E-state index in [2.05, 4.69) is 16.7 Å². The largest absolute Gasteiger partial charge is 0.511 e. The normalized spacial score (nSPS) is 42.1. The molecule has 400 valence electrons. The van der Waals surface area contributed by atoms with Crippen molar-refractivity contribution >= 4 is 39.4 Å². The second kappa shape index (κ2) is 18.3. The number of Topliss-reactive ketones (excluding diaryl/α,β-unsaturated/α-hetero) is 2. The lowest BCUT2D eigenvalue weighted by atomic mass is 9.46. The highest BCUT2D eigenvalue weighted by atomic mass is 33.1. The lowest BCUT2D eigenvalue weighted by Crippen LogP contribution is -2.81. The van der Waals surface area contributed by atoms with Gasteiger partial charge in [-0.15, -0.1) is 0 Å². The van der Waals surface area contributed by atoms with Crippen LogP contribution in [0.4, 0.5) is 0 Å². The van der Waals surface area contributed by atoms with Gasteiger partial charge in [0.25, 0.3) is 0 Å². The van der Waals surface area contributed by atoms with E-state index in [1.165, 1.54) is 33.2 Å². The van der Waals surface area contributed by atoms with Gasteiger partial charge in [0.2, 0.25) is 6.29 Å². The maximum absolute atomic E-state index is 16.4. The number of hydrogen-bond donors (Lipinski definition) is 9. The molecule has 3 heterocycles. The number of carbonyl (C=O) groups is 3. The summed E-state index contributed by atoms with van der Waals surface area (Å²) >= 11 is 0. The van der Waals surface area contributed by atoms with Crippen LogP contribution in [-0.2, 0) is 22.6 Å². The Morgan fingerprint density at radius 2 is 1.73 bits per heavy atom. The third-order valence-corrected chi connectivity index (χ3v) is 23.8. The summed E-state index contributed by atoms with van der Waals surface area (Å²) in [4.78, 5) is 45.0. The molecule has 1 saturated heterocycles. The number of aliphatic hydroxyl groups excluding tert-OH is 5. The van der Waals surface area contributed by atoms with Gasteiger partial charge in [-0.1, -0.05) is 89.7 Å². The zero-order valence-corrected chi connectivity index (χ0v) is 43.9. The molecule has 0 radical (unpaired) electrons. The molecular weight excluding hydrogens is 993 g/mol. The Bertz CT molecular complexity index is 2840. The van der Waals surface area contributed by atoms with Gasteiger partial charge >= 0.3 is 0 Å². The molecule has 12 aliphatic rings. The first kappa shape index (κ1) is 50.5. The van der Waals surface area contributed by atoms with E-state index in [9.17, 15) is 40.5 Å². The zero-order chi connectivity index (χ0) is 51.9. The van der Waals surface area contributed by atoms with E-state index in [0.29, 0.717) is 62.1 Å². The minimum atomic E-state index is -2.33. The van der Waals surface area contributed by atoms with Crippen LogP contribution in [0.15, 0.2) is 89.0 Å². The van der Waals surface area contributed by atoms with Crippen molar-refractivity contribution in [1.82, 2.24) is 10.6 Å². The average molecular weight is 1060 g/mol. The average Bonchev–Trinajstić information content (AvgIpc) is 3.99. The zero-order valence-electron chi connectivity index (χ0n) is 42.3. The maximum Gasteiger partial charge on any atom is 0.229 e. The molecule has 0 amide bonds. The van der Waals surface area contributed by atoms with Crippen LogP contribution < -0.4 is 15.4 Å². The van der Waals surface area contributed by atoms with Gasteiger partial charge in [-0.2, -0.15) is 0 Å². The smallest absolute Gasteiger partial charge is 0.229 e. The van der Waals surface area contributed by atoms with Gasteiger partial charge in [0.15, 0.2) is 11.6 Å². The molecule has 3 aliphatic heterocycles. The van der Waals surface area contributed by atoms with E-state index in [1.54, 1.807) is 24.3 Å². The highest BCUT2D eigenvalue weighted by Gasteiger charge is 2.78. The number of aliphatic hydroxyl groups is 7. The summed E-state index contributed by atoms with van der Waals surface area (Å²) in [5, 5.41) is 93.0. The van der Waals surface area contributed by atoms with E-state index in [4.69, 9.17) is 9.47 Å². The Morgan fingerprint density at radius 3 is 2.53 bits per heavy atom. The van der Waals surface area contributed by atoms with Gasteiger partial charge in [-0.25, -0.2) is 0 Å². The summed E-state index contributed by atoms with van der Waals surface area (Å²) in [5.74, 6) is -2.62. The van der Waals surface area contributed by atoms with Crippen LogP contribution in [0.5, 0.6) is 5.75 Å². The standard InChI is InChI=1S/C59H70N2O12S2/c62-27-33-8-4-7-32(17-33)18-34-19-42-48(66)39-10-5-11-43-47(39)50(67)58(42,44(65)20-34)45(12-16-55(70)14-2-1-3-15-55)75-74-31-61-46-23-41-40(26-60-46)35-21-36-24-56(30-64)53(69)59(71,51(68)52(72-43)73-56)49(36)57(41)29-54(25-38(57)22-35)13-6-9-37(54)28-63/h4-5,7-8,10-11,17,19-20,23,28,35-38,42,45,49,51-53,60-62,64-65,68-71H,1-3,6,9,12-16,18,21-22,24-27,29-31H2. The molecule has 2 aromatic rings. The summed E-state index contributed by atoms with van der Waals surface area (Å²) in [6, 6.07) is 12.1. The molecule has 5 saturated carbocycles. The molecule has 14 nitrogen and oxygen atoms in total. The van der Waals surface area contributed by atoms with Crippen LogP contribution in [0, 0.1) is 51.8 Å². The number of nitrogens with one attached hydrogen (secondary N) is 2. The summed E-state index contributed by atoms with van der Waals surface area (Å²) < 4.78 is 13.5. The SMILES string of the molecule is O=CC1CCCC12CC1CC3CC4CC5(CO)OC6Oc7cccc8c7C(=O)C7(C(O)=CC(Cc9cccc(CO)c9)=CC7C8=O)C(CCC7(O)CCCCC7)SSCNC7=CC(=C3CN7)C1(C2)C4C(O)(C6O)C5O. The molecule has 15 atom stereocenters.